The molecule has 1 aromatic heterocycles. The fraction of sp³-hybridized carbons (Fsp3) is 0. The summed E-state index contributed by atoms with van der Waals surface area (Å²) in [6, 6.07) is 7.54. The minimum atomic E-state index is -0.860. The van der Waals surface area contributed by atoms with E-state index in [1.807, 2.05) is 0 Å². The van der Waals surface area contributed by atoms with Gasteiger partial charge < -0.3 is 4.98 Å². The molecule has 2 nitrogen and oxygen atoms in total. The highest BCUT2D eigenvalue weighted by molar-refractivity contribution is 6.04. The second kappa shape index (κ2) is 4.52. The van der Waals surface area contributed by atoms with Crippen molar-refractivity contribution in [3.05, 3.63) is 59.4 Å². The number of aldehydes is 1. The number of carbonyl (C=O) groups excluding carboxylic acids is 1. The fourth-order valence-electron chi connectivity index (χ4n) is 2.27. The van der Waals surface area contributed by atoms with Crippen molar-refractivity contribution in [1.29, 1.82) is 0 Å². The van der Waals surface area contributed by atoms with E-state index in [0.717, 1.165) is 6.07 Å². The maximum absolute atomic E-state index is 13.8. The van der Waals surface area contributed by atoms with Gasteiger partial charge in [-0.05, 0) is 18.2 Å². The average Bonchev–Trinajstić information content (AvgIpc) is 2.77. The van der Waals surface area contributed by atoms with Crippen LogP contribution in [0.3, 0.4) is 0 Å². The zero-order valence-electron chi connectivity index (χ0n) is 10.1. The highest BCUT2D eigenvalue weighted by Crippen LogP contribution is 2.32. The standard InChI is InChI=1S/C15H8F3NO/c16-8-5-12(18)14-10(7-20)15(19-13(14)6-8)9-3-1-2-4-11(9)17/h1-7,19H. The summed E-state index contributed by atoms with van der Waals surface area (Å²) in [4.78, 5) is 13.9. The molecular formula is C15H8F3NO. The molecule has 1 heterocycles. The Bertz CT molecular complexity index is 823. The summed E-state index contributed by atoms with van der Waals surface area (Å²) < 4.78 is 40.8. The van der Waals surface area contributed by atoms with Crippen LogP contribution in [-0.2, 0) is 0 Å². The van der Waals surface area contributed by atoms with E-state index in [1.54, 1.807) is 6.07 Å². The molecule has 2 aromatic carbocycles. The van der Waals surface area contributed by atoms with E-state index in [1.165, 1.54) is 18.2 Å². The molecule has 0 unspecified atom stereocenters. The van der Waals surface area contributed by atoms with E-state index >= 15 is 0 Å². The third-order valence-corrected chi connectivity index (χ3v) is 3.11. The van der Waals surface area contributed by atoms with Crippen LogP contribution >= 0.6 is 0 Å². The molecule has 0 bridgehead atoms. The first-order chi connectivity index (χ1) is 9.61. The van der Waals surface area contributed by atoms with Crippen LogP contribution in [-0.4, -0.2) is 11.3 Å². The zero-order chi connectivity index (χ0) is 14.3. The van der Waals surface area contributed by atoms with Crippen LogP contribution in [0.2, 0.25) is 0 Å². The van der Waals surface area contributed by atoms with Gasteiger partial charge in [-0.2, -0.15) is 0 Å². The fourth-order valence-corrected chi connectivity index (χ4v) is 2.27. The number of hydrogen-bond donors (Lipinski definition) is 1. The first-order valence-electron chi connectivity index (χ1n) is 5.82. The molecule has 0 saturated heterocycles. The Balaban J connectivity index is 2.40. The van der Waals surface area contributed by atoms with Gasteiger partial charge in [-0.1, -0.05) is 12.1 Å². The van der Waals surface area contributed by atoms with Crippen LogP contribution in [0.4, 0.5) is 13.2 Å². The molecule has 0 spiro atoms. The Morgan fingerprint density at radius 1 is 1.00 bits per heavy atom. The zero-order valence-corrected chi connectivity index (χ0v) is 10.1. The van der Waals surface area contributed by atoms with E-state index in [-0.39, 0.29) is 27.7 Å². The van der Waals surface area contributed by atoms with E-state index in [0.29, 0.717) is 12.4 Å². The van der Waals surface area contributed by atoms with Crippen molar-refractivity contribution < 1.29 is 18.0 Å². The third-order valence-electron chi connectivity index (χ3n) is 3.11. The minimum absolute atomic E-state index is 0.0254. The summed E-state index contributed by atoms with van der Waals surface area (Å²) in [5.74, 6) is -2.18. The van der Waals surface area contributed by atoms with Crippen LogP contribution in [0.1, 0.15) is 10.4 Å². The van der Waals surface area contributed by atoms with Crippen molar-refractivity contribution in [2.24, 2.45) is 0 Å². The second-order valence-electron chi connectivity index (χ2n) is 4.32. The highest BCUT2D eigenvalue weighted by Gasteiger charge is 2.18. The molecule has 1 N–H and O–H groups in total. The lowest BCUT2D eigenvalue weighted by Gasteiger charge is -2.01. The van der Waals surface area contributed by atoms with Gasteiger partial charge in [0.15, 0.2) is 6.29 Å². The molecule has 3 aromatic rings. The average molecular weight is 275 g/mol. The number of aromatic nitrogens is 1. The molecule has 100 valence electrons. The molecule has 3 rings (SSSR count). The van der Waals surface area contributed by atoms with Crippen molar-refractivity contribution >= 4 is 17.2 Å². The summed E-state index contributed by atoms with van der Waals surface area (Å²) in [6.07, 6.45) is 0.432. The van der Waals surface area contributed by atoms with Crippen LogP contribution < -0.4 is 0 Å². The molecule has 0 aliphatic carbocycles. The smallest absolute Gasteiger partial charge is 0.152 e. The van der Waals surface area contributed by atoms with Gasteiger partial charge in [0.25, 0.3) is 0 Å². The second-order valence-corrected chi connectivity index (χ2v) is 4.32. The number of nitrogens with one attached hydrogen (secondary N) is 1. The Labute approximate surface area is 111 Å². The summed E-state index contributed by atoms with van der Waals surface area (Å²) in [6.45, 7) is 0. The van der Waals surface area contributed by atoms with Gasteiger partial charge in [0, 0.05) is 17.0 Å². The first kappa shape index (κ1) is 12.5. The van der Waals surface area contributed by atoms with Crippen molar-refractivity contribution in [3.8, 4) is 11.3 Å². The molecular weight excluding hydrogens is 267 g/mol. The lowest BCUT2D eigenvalue weighted by atomic mass is 10.1. The third kappa shape index (κ3) is 1.79. The first-order valence-corrected chi connectivity index (χ1v) is 5.82. The Morgan fingerprint density at radius 2 is 1.75 bits per heavy atom. The lowest BCUT2D eigenvalue weighted by molar-refractivity contribution is 0.112. The van der Waals surface area contributed by atoms with Crippen LogP contribution in [0.25, 0.3) is 22.2 Å². The van der Waals surface area contributed by atoms with Gasteiger partial charge in [-0.25, -0.2) is 13.2 Å². The number of aromatic amines is 1. The monoisotopic (exact) mass is 275 g/mol. The molecule has 0 radical (unpaired) electrons. The molecule has 5 heteroatoms. The topological polar surface area (TPSA) is 32.9 Å². The molecule has 0 aliphatic heterocycles. The van der Waals surface area contributed by atoms with E-state index in [9.17, 15) is 18.0 Å². The quantitative estimate of drug-likeness (QED) is 0.703. The van der Waals surface area contributed by atoms with Crippen LogP contribution in [0.5, 0.6) is 0 Å². The number of H-pyrrole nitrogens is 1. The van der Waals surface area contributed by atoms with Gasteiger partial charge in [0.2, 0.25) is 0 Å². The Hall–Kier alpha value is -2.56. The molecule has 0 atom stereocenters. The molecule has 0 fully saturated rings. The Kier molecular flexibility index (Phi) is 2.82. The number of carbonyl (C=O) groups is 1. The number of rotatable bonds is 2. The summed E-state index contributed by atoms with van der Waals surface area (Å²) in [7, 11) is 0. The molecule has 0 aliphatic rings. The minimum Gasteiger partial charge on any atom is -0.354 e. The largest absolute Gasteiger partial charge is 0.354 e. The lowest BCUT2D eigenvalue weighted by Crippen LogP contribution is -1.89. The van der Waals surface area contributed by atoms with Crippen molar-refractivity contribution in [2.45, 2.75) is 0 Å². The summed E-state index contributed by atoms with van der Waals surface area (Å²) in [5.41, 5.74) is 0.355. The van der Waals surface area contributed by atoms with Crippen LogP contribution in [0.15, 0.2) is 36.4 Å². The van der Waals surface area contributed by atoms with E-state index in [4.69, 9.17) is 0 Å². The summed E-state index contributed by atoms with van der Waals surface area (Å²) >= 11 is 0. The Morgan fingerprint density at radius 3 is 2.45 bits per heavy atom. The number of fused-ring (bicyclic) bond motifs is 1. The van der Waals surface area contributed by atoms with E-state index in [2.05, 4.69) is 4.98 Å². The van der Waals surface area contributed by atoms with Crippen molar-refractivity contribution in [2.75, 3.05) is 0 Å². The van der Waals surface area contributed by atoms with Gasteiger partial charge in [0.05, 0.1) is 16.8 Å². The van der Waals surface area contributed by atoms with Gasteiger partial charge in [-0.3, -0.25) is 4.79 Å². The van der Waals surface area contributed by atoms with Gasteiger partial charge in [0.1, 0.15) is 17.5 Å². The highest BCUT2D eigenvalue weighted by atomic mass is 19.1. The number of halogens is 3. The van der Waals surface area contributed by atoms with Crippen molar-refractivity contribution in [1.82, 2.24) is 4.98 Å². The van der Waals surface area contributed by atoms with Gasteiger partial charge in [-0.15, -0.1) is 0 Å². The maximum Gasteiger partial charge on any atom is 0.152 e. The SMILES string of the molecule is O=Cc1c(-c2ccccc2F)[nH]c2cc(F)cc(F)c12. The predicted molar refractivity (Wildman–Crippen MR) is 69.0 cm³/mol. The van der Waals surface area contributed by atoms with Crippen LogP contribution in [0, 0.1) is 17.5 Å². The normalized spacial score (nSPS) is 10.9. The molecule has 0 saturated carbocycles. The van der Waals surface area contributed by atoms with E-state index < -0.39 is 17.5 Å². The van der Waals surface area contributed by atoms with Crippen molar-refractivity contribution in [3.63, 3.8) is 0 Å². The molecule has 0 amide bonds. The molecule has 20 heavy (non-hydrogen) atoms. The van der Waals surface area contributed by atoms with Gasteiger partial charge >= 0.3 is 0 Å². The number of benzene rings is 2. The number of hydrogen-bond acceptors (Lipinski definition) is 1. The predicted octanol–water partition coefficient (Wildman–Crippen LogP) is 4.06. The summed E-state index contributed by atoms with van der Waals surface area (Å²) in [5, 5.41) is -0.0420. The maximum atomic E-state index is 13.8.